The van der Waals surface area contributed by atoms with Crippen LogP contribution >= 0.6 is 23.2 Å². The highest BCUT2D eigenvalue weighted by molar-refractivity contribution is 6.42. The zero-order valence-electron chi connectivity index (χ0n) is 10.8. The molecule has 0 heterocycles. The van der Waals surface area contributed by atoms with E-state index in [0.717, 1.165) is 24.8 Å². The van der Waals surface area contributed by atoms with Gasteiger partial charge in [-0.2, -0.15) is 0 Å². The Balaban J connectivity index is 2.14. The van der Waals surface area contributed by atoms with Crippen LogP contribution in [0.4, 0.5) is 0 Å². The summed E-state index contributed by atoms with van der Waals surface area (Å²) in [4.78, 5) is 0. The number of hydrogen-bond donors (Lipinski definition) is 1. The van der Waals surface area contributed by atoms with Crippen LogP contribution in [0.2, 0.25) is 10.0 Å². The fraction of sp³-hybridized carbons (Fsp3) is 0.571. The molecule has 1 aromatic carbocycles. The van der Waals surface area contributed by atoms with E-state index >= 15 is 0 Å². The Morgan fingerprint density at radius 2 is 2.06 bits per heavy atom. The van der Waals surface area contributed by atoms with Crippen molar-refractivity contribution < 1.29 is 4.74 Å². The van der Waals surface area contributed by atoms with Crippen molar-refractivity contribution in [3.05, 3.63) is 33.8 Å². The first-order valence-electron chi connectivity index (χ1n) is 6.27. The molecule has 0 bridgehead atoms. The minimum atomic E-state index is 0.0415. The van der Waals surface area contributed by atoms with Gasteiger partial charge in [-0.1, -0.05) is 29.3 Å². The van der Waals surface area contributed by atoms with Crippen LogP contribution in [0.15, 0.2) is 18.2 Å². The Kier molecular flexibility index (Phi) is 4.54. The summed E-state index contributed by atoms with van der Waals surface area (Å²) in [5, 5.41) is 4.55. The summed E-state index contributed by atoms with van der Waals surface area (Å²) in [6.07, 6.45) is 4.51. The largest absolute Gasteiger partial charge is 0.378 e. The second-order valence-electron chi connectivity index (χ2n) is 4.96. The van der Waals surface area contributed by atoms with Gasteiger partial charge in [0.15, 0.2) is 0 Å². The molecule has 0 spiro atoms. The number of hydrogen-bond acceptors (Lipinski definition) is 2. The van der Waals surface area contributed by atoms with Crippen LogP contribution in [0.5, 0.6) is 0 Å². The highest BCUT2D eigenvalue weighted by atomic mass is 35.5. The molecule has 1 aromatic rings. The maximum absolute atomic E-state index is 6.08. The molecule has 0 radical (unpaired) electrons. The zero-order valence-corrected chi connectivity index (χ0v) is 12.3. The van der Waals surface area contributed by atoms with E-state index in [4.69, 9.17) is 27.9 Å². The third-order valence-electron chi connectivity index (χ3n) is 3.97. The van der Waals surface area contributed by atoms with Crippen molar-refractivity contribution in [2.24, 2.45) is 0 Å². The molecular weight excluding hydrogens is 269 g/mol. The van der Waals surface area contributed by atoms with Crippen LogP contribution in [-0.4, -0.2) is 19.8 Å². The van der Waals surface area contributed by atoms with Gasteiger partial charge in [0.2, 0.25) is 0 Å². The molecule has 18 heavy (non-hydrogen) atoms. The normalized spacial score (nSPS) is 19.3. The molecular formula is C14H19Cl2NO. The molecule has 0 saturated heterocycles. The average molecular weight is 288 g/mol. The summed E-state index contributed by atoms with van der Waals surface area (Å²) in [7, 11) is 3.77. The molecule has 1 aliphatic carbocycles. The van der Waals surface area contributed by atoms with Gasteiger partial charge >= 0.3 is 0 Å². The molecule has 0 aliphatic heterocycles. The lowest BCUT2D eigenvalue weighted by molar-refractivity contribution is -0.0834. The molecule has 1 unspecified atom stereocenters. The third-order valence-corrected chi connectivity index (χ3v) is 4.71. The van der Waals surface area contributed by atoms with Crippen molar-refractivity contribution in [3.63, 3.8) is 0 Å². The van der Waals surface area contributed by atoms with Crippen molar-refractivity contribution in [1.29, 1.82) is 0 Å². The lowest BCUT2D eigenvalue weighted by Crippen LogP contribution is -2.42. The lowest BCUT2D eigenvalue weighted by atomic mass is 9.74. The Labute approximate surface area is 119 Å². The maximum atomic E-state index is 6.08. The van der Waals surface area contributed by atoms with Crippen molar-refractivity contribution in [2.45, 2.75) is 37.3 Å². The van der Waals surface area contributed by atoms with Gasteiger partial charge in [0.25, 0.3) is 0 Å². The number of rotatable bonds is 5. The summed E-state index contributed by atoms with van der Waals surface area (Å²) in [5.74, 6) is 0. The minimum absolute atomic E-state index is 0.0415. The molecule has 100 valence electrons. The predicted octanol–water partition coefficient (Wildman–Crippen LogP) is 4.21. The van der Waals surface area contributed by atoms with Gasteiger partial charge in [-0.25, -0.2) is 0 Å². The topological polar surface area (TPSA) is 21.3 Å². The minimum Gasteiger partial charge on any atom is -0.378 e. The quantitative estimate of drug-likeness (QED) is 0.876. The molecule has 1 fully saturated rings. The highest BCUT2D eigenvalue weighted by Crippen LogP contribution is 2.42. The Morgan fingerprint density at radius 3 is 2.50 bits per heavy atom. The number of halogens is 2. The van der Waals surface area contributed by atoms with Crippen LogP contribution in [-0.2, 0) is 4.74 Å². The lowest BCUT2D eigenvalue weighted by Gasteiger charge is -2.43. The third kappa shape index (κ3) is 2.83. The first kappa shape index (κ1) is 14.1. The molecule has 2 nitrogen and oxygen atoms in total. The van der Waals surface area contributed by atoms with E-state index in [9.17, 15) is 0 Å². The van der Waals surface area contributed by atoms with Crippen LogP contribution in [0.1, 0.15) is 37.3 Å². The monoisotopic (exact) mass is 287 g/mol. The first-order valence-corrected chi connectivity index (χ1v) is 7.03. The predicted molar refractivity (Wildman–Crippen MR) is 76.5 cm³/mol. The van der Waals surface area contributed by atoms with E-state index in [1.54, 1.807) is 7.11 Å². The standard InChI is InChI=1S/C14H19Cl2NO/c1-17-13(9-14(18-2)6-3-7-14)10-4-5-11(15)12(16)8-10/h4-5,8,13,17H,3,6-7,9H2,1-2H3. The van der Waals surface area contributed by atoms with Gasteiger partial charge in [0, 0.05) is 13.2 Å². The van der Waals surface area contributed by atoms with Crippen molar-refractivity contribution in [1.82, 2.24) is 5.32 Å². The van der Waals surface area contributed by atoms with Crippen LogP contribution < -0.4 is 5.32 Å². The Morgan fingerprint density at radius 1 is 1.33 bits per heavy atom. The maximum Gasteiger partial charge on any atom is 0.0697 e. The van der Waals surface area contributed by atoms with Gasteiger partial charge in [-0.15, -0.1) is 0 Å². The molecule has 1 aliphatic rings. The first-order chi connectivity index (χ1) is 8.60. The van der Waals surface area contributed by atoms with E-state index in [0.29, 0.717) is 10.0 Å². The summed E-state index contributed by atoms with van der Waals surface area (Å²) in [6, 6.07) is 6.06. The summed E-state index contributed by atoms with van der Waals surface area (Å²) >= 11 is 12.0. The van der Waals surface area contributed by atoms with E-state index in [-0.39, 0.29) is 11.6 Å². The number of nitrogens with one attached hydrogen (secondary N) is 1. The second kappa shape index (κ2) is 5.79. The molecule has 2 rings (SSSR count). The SMILES string of the molecule is CNC(CC1(OC)CCC1)c1ccc(Cl)c(Cl)c1. The summed E-state index contributed by atoms with van der Waals surface area (Å²) in [6.45, 7) is 0. The molecule has 0 amide bonds. The van der Waals surface area contributed by atoms with Crippen molar-refractivity contribution in [2.75, 3.05) is 14.2 Å². The Hall–Kier alpha value is -0.280. The molecule has 4 heteroatoms. The van der Waals surface area contributed by atoms with Crippen molar-refractivity contribution in [3.8, 4) is 0 Å². The molecule has 0 aromatic heterocycles. The highest BCUT2D eigenvalue weighted by Gasteiger charge is 2.39. The molecule has 1 saturated carbocycles. The van der Waals surface area contributed by atoms with Crippen LogP contribution in [0.25, 0.3) is 0 Å². The number of methoxy groups -OCH3 is 1. The fourth-order valence-corrected chi connectivity index (χ4v) is 2.86. The van der Waals surface area contributed by atoms with Crippen molar-refractivity contribution >= 4 is 23.2 Å². The fourth-order valence-electron chi connectivity index (χ4n) is 2.55. The number of benzene rings is 1. The van der Waals surface area contributed by atoms with Crippen LogP contribution in [0, 0.1) is 0 Å². The van der Waals surface area contributed by atoms with Gasteiger partial charge < -0.3 is 10.1 Å². The smallest absolute Gasteiger partial charge is 0.0697 e. The van der Waals surface area contributed by atoms with E-state index in [1.807, 2.05) is 25.2 Å². The summed E-state index contributed by atoms with van der Waals surface area (Å²) < 4.78 is 5.68. The number of ether oxygens (including phenoxy) is 1. The second-order valence-corrected chi connectivity index (χ2v) is 5.77. The van der Waals surface area contributed by atoms with Crippen LogP contribution in [0.3, 0.4) is 0 Å². The van der Waals surface area contributed by atoms with Gasteiger partial charge in [-0.05, 0) is 50.4 Å². The molecule has 1 N–H and O–H groups in total. The van der Waals surface area contributed by atoms with Gasteiger partial charge in [-0.3, -0.25) is 0 Å². The zero-order chi connectivity index (χ0) is 13.2. The van der Waals surface area contributed by atoms with E-state index < -0.39 is 0 Å². The van der Waals surface area contributed by atoms with Gasteiger partial charge in [0.1, 0.15) is 0 Å². The van der Waals surface area contributed by atoms with E-state index in [2.05, 4.69) is 5.32 Å². The van der Waals surface area contributed by atoms with Gasteiger partial charge in [0.05, 0.1) is 15.6 Å². The van der Waals surface area contributed by atoms with E-state index in [1.165, 1.54) is 6.42 Å². The summed E-state index contributed by atoms with van der Waals surface area (Å²) in [5.41, 5.74) is 1.20. The average Bonchev–Trinajstić information content (AvgIpc) is 2.33. The Bertz CT molecular complexity index is 413. The molecule has 1 atom stereocenters.